The zero-order valence-electron chi connectivity index (χ0n) is 22.9. The van der Waals surface area contributed by atoms with Crippen molar-refractivity contribution < 1.29 is 8.42 Å². The van der Waals surface area contributed by atoms with Crippen LogP contribution < -0.4 is 0 Å². The van der Waals surface area contributed by atoms with Crippen molar-refractivity contribution in [3.63, 3.8) is 0 Å². The number of aromatic nitrogens is 8. The van der Waals surface area contributed by atoms with Gasteiger partial charge in [-0.1, -0.05) is 97.1 Å². The molecule has 9 rings (SSSR count). The molecule has 0 fully saturated rings. The first-order valence-electron chi connectivity index (χ1n) is 13.6. The lowest BCUT2D eigenvalue weighted by Gasteiger charge is -1.96. The Morgan fingerprint density at radius 1 is 0.413 bits per heavy atom. The molecule has 2 aliphatic rings. The third kappa shape index (κ3) is 5.40. The summed E-state index contributed by atoms with van der Waals surface area (Å²) in [6.07, 6.45) is 0. The highest BCUT2D eigenvalue weighted by atomic mass is 36.0. The summed E-state index contributed by atoms with van der Waals surface area (Å²) in [6.45, 7) is 0. The fraction of sp³-hybridized carbons (Fsp3) is 0. The molecule has 0 unspecified atom stereocenters. The zero-order valence-corrected chi connectivity index (χ0v) is 25.2. The van der Waals surface area contributed by atoms with Crippen LogP contribution in [0.2, 0.25) is 0 Å². The number of hydrogen-bond donors (Lipinski definition) is 2. The molecule has 0 aliphatic carbocycles. The van der Waals surface area contributed by atoms with Gasteiger partial charge in [0.25, 0.3) is 0 Å². The predicted octanol–water partition coefficient (Wildman–Crippen LogP) is 6.39. The fourth-order valence-electron chi connectivity index (χ4n) is 5.59. The Balaban J connectivity index is 0.000000526. The number of nitrogens with one attached hydrogen (secondary N) is 2. The van der Waals surface area contributed by atoms with Crippen LogP contribution in [-0.4, -0.2) is 65.7 Å². The van der Waals surface area contributed by atoms with Gasteiger partial charge in [-0.2, -0.15) is 8.42 Å². The lowest BCUT2D eigenvalue weighted by molar-refractivity contribution is 0.621. The quantitative estimate of drug-likeness (QED) is 0.139. The number of nitrogens with zero attached hydrogens (tertiary/aromatic N) is 6. The largest absolute Gasteiger partial charge is 0.324 e. The van der Waals surface area contributed by atoms with E-state index in [9.17, 15) is 0 Å². The molecule has 3 aromatic heterocycles. The molecule has 0 atom stereocenters. The zero-order chi connectivity index (χ0) is 30.7. The van der Waals surface area contributed by atoms with Crippen molar-refractivity contribution in [3.8, 4) is 45.6 Å². The lowest BCUT2D eigenvalue weighted by atomic mass is 10.1. The average molecular weight is 680 g/mol. The van der Waals surface area contributed by atoms with E-state index in [1.165, 1.54) is 0 Å². The SMILES string of the molecule is O=S(=O)(Cl)Cl.[AlH3].c1ccc2c(c1)-c1nc-2nc2[nH]c(nc3nc(nc4[nH]c(n1)c1ccccc41)-c1ccccc1-3)c1ccccc21. The summed E-state index contributed by atoms with van der Waals surface area (Å²) in [6, 6.07) is 32.2. The van der Waals surface area contributed by atoms with Gasteiger partial charge in [0.05, 0.1) is 0 Å². The molecule has 7 aromatic rings. The molecule has 0 spiro atoms. The summed E-state index contributed by atoms with van der Waals surface area (Å²) in [5.74, 6) is 2.39. The van der Waals surface area contributed by atoms with Crippen LogP contribution in [0, 0.1) is 0 Å². The molecule has 0 radical (unpaired) electrons. The van der Waals surface area contributed by atoms with Gasteiger partial charge in [-0.25, -0.2) is 29.9 Å². The van der Waals surface area contributed by atoms with E-state index in [-0.39, 0.29) is 17.4 Å². The van der Waals surface area contributed by atoms with Crippen LogP contribution in [0.4, 0.5) is 0 Å². The highest BCUT2D eigenvalue weighted by molar-refractivity contribution is 8.31. The van der Waals surface area contributed by atoms with Crippen LogP contribution in [0.25, 0.3) is 89.7 Å². The maximum atomic E-state index is 9.16. The van der Waals surface area contributed by atoms with E-state index in [1.807, 2.05) is 97.1 Å². The second-order valence-electron chi connectivity index (χ2n) is 10.2. The Labute approximate surface area is 280 Å². The minimum atomic E-state index is -3.72. The number of H-pyrrole nitrogens is 2. The molecule has 4 aromatic carbocycles. The smallest absolute Gasteiger partial charge is 0.317 e. The second kappa shape index (κ2) is 11.6. The number of benzene rings is 4. The van der Waals surface area contributed by atoms with Crippen LogP contribution in [0.3, 0.4) is 0 Å². The summed E-state index contributed by atoms with van der Waals surface area (Å²) in [5, 5.41) is 3.82. The van der Waals surface area contributed by atoms with Gasteiger partial charge < -0.3 is 9.97 Å². The number of aromatic amines is 2. The molecule has 8 bridgehead atoms. The number of hydrogen-bond acceptors (Lipinski definition) is 8. The first-order valence-corrected chi connectivity index (χ1v) is 16.8. The normalized spacial score (nSPS) is 11.7. The monoisotopic (exact) mass is 678 g/mol. The van der Waals surface area contributed by atoms with E-state index >= 15 is 0 Å². The molecule has 0 saturated heterocycles. The summed E-state index contributed by atoms with van der Waals surface area (Å²) >= 11 is 0. The highest BCUT2D eigenvalue weighted by Crippen LogP contribution is 2.36. The predicted molar refractivity (Wildman–Crippen MR) is 187 cm³/mol. The molecule has 46 heavy (non-hydrogen) atoms. The van der Waals surface area contributed by atoms with Crippen molar-refractivity contribution in [3.05, 3.63) is 97.1 Å². The Kier molecular flexibility index (Phi) is 7.55. The standard InChI is InChI=1S/C32H18N8.Al.Cl2O2S.3H/c1-2-10-18-17(9-1)25-33-26(18)38-28-21-13-5-6-14-22(21)30(35-28)40-32-24-16-8-7-15-23(24)31(36-32)39-29-20-12-4-3-11-19(20)27(34-29)37-25;;1-5(2,3)4;;;/h1-16H,(H2,33,34,35,36,37,38,39,40);;;;;. The van der Waals surface area contributed by atoms with Crippen molar-refractivity contribution in [2.24, 2.45) is 0 Å². The Bertz CT molecular complexity index is 2300. The van der Waals surface area contributed by atoms with Gasteiger partial charge in [0.2, 0.25) is 0 Å². The molecular weight excluding hydrogens is 658 g/mol. The molecule has 5 heterocycles. The number of halogens is 2. The van der Waals surface area contributed by atoms with E-state index in [0.29, 0.717) is 45.9 Å². The van der Waals surface area contributed by atoms with Gasteiger partial charge in [0.15, 0.2) is 40.7 Å². The van der Waals surface area contributed by atoms with Gasteiger partial charge in [0, 0.05) is 65.2 Å². The lowest BCUT2D eigenvalue weighted by Crippen LogP contribution is -1.82. The van der Waals surface area contributed by atoms with Crippen molar-refractivity contribution >= 4 is 91.1 Å². The van der Waals surface area contributed by atoms with Gasteiger partial charge >= 0.3 is 8.26 Å². The van der Waals surface area contributed by atoms with E-state index in [0.717, 1.165) is 43.8 Å². The Morgan fingerprint density at radius 2 is 0.630 bits per heavy atom. The van der Waals surface area contributed by atoms with E-state index in [4.69, 9.17) is 38.3 Å². The first kappa shape index (κ1) is 30.0. The van der Waals surface area contributed by atoms with Crippen LogP contribution in [0.15, 0.2) is 97.1 Å². The third-order valence-electron chi connectivity index (χ3n) is 7.46. The van der Waals surface area contributed by atoms with E-state index in [2.05, 4.69) is 31.3 Å². The molecule has 10 nitrogen and oxygen atoms in total. The van der Waals surface area contributed by atoms with Crippen molar-refractivity contribution in [1.29, 1.82) is 0 Å². The summed E-state index contributed by atoms with van der Waals surface area (Å²) in [7, 11) is 4.81. The first-order chi connectivity index (χ1) is 21.8. The molecule has 2 N–H and O–H groups in total. The van der Waals surface area contributed by atoms with Gasteiger partial charge in [-0.05, 0) is 0 Å². The molecule has 0 amide bonds. The third-order valence-corrected chi connectivity index (χ3v) is 7.46. The number of rotatable bonds is 0. The van der Waals surface area contributed by atoms with Crippen molar-refractivity contribution in [2.45, 2.75) is 0 Å². The molecular formula is C32H21AlCl2N8O2S. The van der Waals surface area contributed by atoms with Gasteiger partial charge in [-0.3, -0.25) is 0 Å². The minimum Gasteiger partial charge on any atom is -0.324 e. The highest BCUT2D eigenvalue weighted by Gasteiger charge is 2.21. The maximum Gasteiger partial charge on any atom is 0.317 e. The summed E-state index contributed by atoms with van der Waals surface area (Å²) < 4.78 is 18.3. The Morgan fingerprint density at radius 3 is 0.870 bits per heavy atom. The summed E-state index contributed by atoms with van der Waals surface area (Å²) in [5.41, 5.74) is 6.45. The van der Waals surface area contributed by atoms with Crippen molar-refractivity contribution in [2.75, 3.05) is 0 Å². The Hall–Kier alpha value is -4.70. The van der Waals surface area contributed by atoms with Crippen LogP contribution >= 0.6 is 21.4 Å². The molecule has 224 valence electrons. The minimum absolute atomic E-state index is 0. The van der Waals surface area contributed by atoms with E-state index < -0.39 is 8.26 Å². The average Bonchev–Trinajstić information content (AvgIpc) is 3.76. The second-order valence-corrected chi connectivity index (χ2v) is 13.8. The van der Waals surface area contributed by atoms with E-state index in [1.54, 1.807) is 0 Å². The molecule has 2 aliphatic heterocycles. The van der Waals surface area contributed by atoms with Crippen LogP contribution in [0.1, 0.15) is 0 Å². The number of fused-ring (bicyclic) bond motifs is 20. The van der Waals surface area contributed by atoms with Gasteiger partial charge in [-0.15, -0.1) is 0 Å². The van der Waals surface area contributed by atoms with Gasteiger partial charge in [0.1, 0.15) is 22.6 Å². The topological polar surface area (TPSA) is 143 Å². The summed E-state index contributed by atoms with van der Waals surface area (Å²) in [4.78, 5) is 36.8. The molecule has 14 heteroatoms. The fourth-order valence-corrected chi connectivity index (χ4v) is 5.59. The van der Waals surface area contributed by atoms with Crippen LogP contribution in [0.5, 0.6) is 0 Å². The van der Waals surface area contributed by atoms with Crippen LogP contribution in [-0.2, 0) is 8.26 Å². The van der Waals surface area contributed by atoms with Crippen molar-refractivity contribution in [1.82, 2.24) is 39.9 Å². The maximum absolute atomic E-state index is 9.16. The molecule has 0 saturated carbocycles.